The fraction of sp³-hybridized carbons (Fsp3) is 0.500. The van der Waals surface area contributed by atoms with Gasteiger partial charge in [-0.3, -0.25) is 39.1 Å². The molecular weight excluding hydrogens is 830 g/mol. The lowest BCUT2D eigenvalue weighted by Gasteiger charge is -2.46. The Morgan fingerprint density at radius 3 is 2.03 bits per heavy atom. The van der Waals surface area contributed by atoms with Crippen molar-refractivity contribution in [3.63, 3.8) is 0 Å². The Bertz CT molecular complexity index is 2340. The zero-order chi connectivity index (χ0) is 44.7. The number of amides is 5. The largest absolute Gasteiger partial charge is 0.407 e. The smallest absolute Gasteiger partial charge is 0.372 e. The molecule has 5 amide bonds. The highest BCUT2D eigenvalue weighted by molar-refractivity contribution is 6.23. The van der Waals surface area contributed by atoms with Crippen LogP contribution in [0, 0.1) is 24.3 Å². The molecule has 0 saturated carbocycles. The fourth-order valence-corrected chi connectivity index (χ4v) is 10.2. The van der Waals surface area contributed by atoms with Crippen molar-refractivity contribution >= 4 is 58.1 Å². The highest BCUT2D eigenvalue weighted by Gasteiger charge is 2.45. The van der Waals surface area contributed by atoms with E-state index < -0.39 is 47.1 Å². The van der Waals surface area contributed by atoms with Crippen molar-refractivity contribution in [1.82, 2.24) is 25.0 Å². The van der Waals surface area contributed by atoms with Crippen LogP contribution in [0.5, 0.6) is 0 Å². The number of nitrogens with one attached hydrogen (secondary N) is 2. The van der Waals surface area contributed by atoms with Crippen LogP contribution >= 0.6 is 0 Å². The van der Waals surface area contributed by atoms with Crippen LogP contribution < -0.4 is 25.3 Å². The van der Waals surface area contributed by atoms with E-state index in [9.17, 15) is 37.1 Å². The number of halogens is 3. The van der Waals surface area contributed by atoms with Crippen molar-refractivity contribution in [3.05, 3.63) is 82.8 Å². The van der Waals surface area contributed by atoms with E-state index in [1.165, 1.54) is 12.1 Å². The number of anilines is 4. The third-order valence-electron chi connectivity index (χ3n) is 13.8. The number of carbonyl (C=O) groups is 5. The summed E-state index contributed by atoms with van der Waals surface area (Å²) >= 11 is 0. The molecule has 1 aromatic heterocycles. The molecule has 0 radical (unpaired) electrons. The van der Waals surface area contributed by atoms with E-state index in [2.05, 4.69) is 40.1 Å². The molecule has 1 unspecified atom stereocenters. The van der Waals surface area contributed by atoms with Gasteiger partial charge >= 0.3 is 6.18 Å². The Labute approximate surface area is 369 Å². The Hall–Kier alpha value is -6.06. The number of nitrogens with zero attached hydrogens (tertiary/aromatic N) is 8. The number of pyridine rings is 1. The van der Waals surface area contributed by atoms with Crippen molar-refractivity contribution < 1.29 is 37.1 Å². The van der Waals surface area contributed by atoms with Crippen LogP contribution in [-0.4, -0.2) is 134 Å². The molecule has 3 aromatic rings. The minimum atomic E-state index is -4.61. The lowest BCUT2D eigenvalue weighted by atomic mass is 9.92. The second-order valence-corrected chi connectivity index (χ2v) is 17.9. The summed E-state index contributed by atoms with van der Waals surface area (Å²) in [5, 5.41) is 5.16. The first kappa shape index (κ1) is 43.2. The number of fused-ring (bicyclic) bond motifs is 1. The van der Waals surface area contributed by atoms with Gasteiger partial charge in [-0.25, -0.2) is 9.83 Å². The highest BCUT2D eigenvalue weighted by atomic mass is 19.4. The summed E-state index contributed by atoms with van der Waals surface area (Å²) in [5.41, 5.74) is 1.54. The average Bonchev–Trinajstić information content (AvgIpc) is 3.53. The molecule has 64 heavy (non-hydrogen) atoms. The number of benzene rings is 2. The summed E-state index contributed by atoms with van der Waals surface area (Å²) in [4.78, 5) is 83.6. The molecule has 336 valence electrons. The van der Waals surface area contributed by atoms with Gasteiger partial charge in [-0.05, 0) is 86.4 Å². The maximum Gasteiger partial charge on any atom is 0.407 e. The number of aromatic nitrogens is 1. The molecule has 5 fully saturated rings. The van der Waals surface area contributed by atoms with Crippen LogP contribution in [0.3, 0.4) is 0 Å². The number of imide groups is 2. The Morgan fingerprint density at radius 2 is 1.36 bits per heavy atom. The number of rotatable bonds is 10. The normalized spacial score (nSPS) is 22.1. The molecule has 0 spiro atoms. The first-order valence-electron chi connectivity index (χ1n) is 22.2. The summed E-state index contributed by atoms with van der Waals surface area (Å²) in [5.74, 6) is -0.675. The molecule has 1 atom stereocenters. The second kappa shape index (κ2) is 17.8. The quantitative estimate of drug-likeness (QED) is 0.213. The molecule has 0 bridgehead atoms. The van der Waals surface area contributed by atoms with Gasteiger partial charge in [0.2, 0.25) is 17.7 Å². The Morgan fingerprint density at radius 1 is 0.734 bits per heavy atom. The maximum absolute atomic E-state index is 13.5. The van der Waals surface area contributed by atoms with Crippen LogP contribution in [0.15, 0.2) is 54.7 Å². The minimum absolute atomic E-state index is 0.0873. The molecule has 18 heteroatoms. The zero-order valence-electron chi connectivity index (χ0n) is 35.5. The number of likely N-dealkylation sites (tertiary alicyclic amines) is 1. The third kappa shape index (κ3) is 9.00. The van der Waals surface area contributed by atoms with Gasteiger partial charge in [0.1, 0.15) is 11.9 Å². The van der Waals surface area contributed by atoms with Crippen molar-refractivity contribution in [2.24, 2.45) is 17.8 Å². The van der Waals surface area contributed by atoms with Gasteiger partial charge in [0.15, 0.2) is 5.69 Å². The Balaban J connectivity index is 0.661. The molecule has 2 N–H and O–H groups in total. The van der Waals surface area contributed by atoms with E-state index in [1.54, 1.807) is 18.3 Å². The summed E-state index contributed by atoms with van der Waals surface area (Å²) < 4.78 is 40.5. The summed E-state index contributed by atoms with van der Waals surface area (Å²) in [7, 11) is 0. The topological polar surface area (TPSA) is 146 Å². The molecular formula is C46H51F3N10O5. The van der Waals surface area contributed by atoms with Crippen LogP contribution in [0.1, 0.15) is 64.8 Å². The molecule has 5 saturated heterocycles. The number of piperidine rings is 3. The fourth-order valence-electron chi connectivity index (χ4n) is 10.2. The summed E-state index contributed by atoms with van der Waals surface area (Å²) in [6.45, 7) is 17.6. The van der Waals surface area contributed by atoms with Crippen LogP contribution in [0.25, 0.3) is 4.85 Å². The average molecular weight is 881 g/mol. The first-order chi connectivity index (χ1) is 30.8. The van der Waals surface area contributed by atoms with Gasteiger partial charge in [0.25, 0.3) is 11.8 Å². The SMILES string of the molecule is [C-]#[N+]c1ccc(N2CCC(C(=O)Nc3ccc(N4CCC(CN5CC(CN6CCN(c7ccc8c(c7)C(=O)N(C7CCC(=O)NC7=O)C8=O)CC6)C5)CC4)cn3)CC2)cc1C(F)(F)F. The molecule has 2 aromatic carbocycles. The van der Waals surface area contributed by atoms with E-state index in [1.807, 2.05) is 23.1 Å². The molecule has 9 rings (SSSR count). The third-order valence-corrected chi connectivity index (χ3v) is 13.8. The minimum Gasteiger partial charge on any atom is -0.372 e. The van der Waals surface area contributed by atoms with E-state index in [-0.39, 0.29) is 24.7 Å². The van der Waals surface area contributed by atoms with Crippen molar-refractivity contribution in [2.45, 2.75) is 50.7 Å². The molecule has 7 heterocycles. The van der Waals surface area contributed by atoms with Crippen molar-refractivity contribution in [1.29, 1.82) is 0 Å². The number of hydrogen-bond donors (Lipinski definition) is 2. The zero-order valence-corrected chi connectivity index (χ0v) is 35.5. The maximum atomic E-state index is 13.5. The van der Waals surface area contributed by atoms with Crippen LogP contribution in [-0.2, 0) is 20.6 Å². The predicted molar refractivity (Wildman–Crippen MR) is 232 cm³/mol. The van der Waals surface area contributed by atoms with Crippen LogP contribution in [0.2, 0.25) is 0 Å². The molecule has 0 aliphatic carbocycles. The van der Waals surface area contributed by atoms with Crippen molar-refractivity contribution in [2.75, 3.05) is 98.6 Å². The van der Waals surface area contributed by atoms with Crippen molar-refractivity contribution in [3.8, 4) is 0 Å². The second-order valence-electron chi connectivity index (χ2n) is 17.9. The predicted octanol–water partition coefficient (Wildman–Crippen LogP) is 4.88. The summed E-state index contributed by atoms with van der Waals surface area (Å²) in [6, 6.07) is 11.9. The number of alkyl halides is 3. The summed E-state index contributed by atoms with van der Waals surface area (Å²) in [6.07, 6.45) is 0.588. The highest BCUT2D eigenvalue weighted by Crippen LogP contribution is 2.40. The Kier molecular flexibility index (Phi) is 12.0. The van der Waals surface area contributed by atoms with Gasteiger partial charge < -0.3 is 24.9 Å². The molecule has 6 aliphatic heterocycles. The first-order valence-corrected chi connectivity index (χ1v) is 22.2. The van der Waals surface area contributed by atoms with E-state index in [0.717, 1.165) is 101 Å². The standard InChI is InChI=1S/C46H51F3N10O5/c1-50-38-6-3-33(23-37(38)46(47,48)49)56-16-12-31(13-17-56)42(61)52-40-8-4-34(24-51-40)57-14-10-29(11-15-57)25-55-27-30(28-55)26-54-18-20-58(21-19-54)32-2-5-35-36(22-32)45(64)59(44(35)63)39-7-9-41(60)53-43(39)62/h2-6,8,22-24,29-31,39H,7,9-21,25-28H2,(H,51,52,61)(H,53,60,62). The van der Waals surface area contributed by atoms with E-state index >= 15 is 0 Å². The lowest BCUT2D eigenvalue weighted by molar-refractivity contribution is -0.137. The van der Waals surface area contributed by atoms with Gasteiger partial charge in [-0.1, -0.05) is 6.07 Å². The molecule has 6 aliphatic rings. The van der Waals surface area contributed by atoms with Crippen LogP contribution in [0.4, 0.5) is 41.7 Å². The number of carbonyl (C=O) groups excluding carboxylic acids is 5. The van der Waals surface area contributed by atoms with Gasteiger partial charge in [-0.2, -0.15) is 13.2 Å². The molecule has 15 nitrogen and oxygen atoms in total. The van der Waals surface area contributed by atoms with E-state index in [4.69, 9.17) is 6.57 Å². The lowest BCUT2D eigenvalue weighted by Crippen LogP contribution is -2.56. The number of piperazine rings is 1. The monoisotopic (exact) mass is 880 g/mol. The van der Waals surface area contributed by atoms with Gasteiger partial charge in [-0.15, -0.1) is 0 Å². The number of hydrogen-bond acceptors (Lipinski definition) is 11. The van der Waals surface area contributed by atoms with Gasteiger partial charge in [0, 0.05) is 102 Å². The van der Waals surface area contributed by atoms with Gasteiger partial charge in [0.05, 0.1) is 35.1 Å². The van der Waals surface area contributed by atoms with E-state index in [0.29, 0.717) is 60.4 Å².